The van der Waals surface area contributed by atoms with Gasteiger partial charge in [0.05, 0.1) is 5.52 Å². The van der Waals surface area contributed by atoms with Gasteiger partial charge in [0.2, 0.25) is 0 Å². The molecule has 0 N–H and O–H groups in total. The van der Waals surface area contributed by atoms with Crippen molar-refractivity contribution in [2.75, 3.05) is 0 Å². The Bertz CT molecular complexity index is 445. The van der Waals surface area contributed by atoms with Crippen LogP contribution < -0.4 is 0 Å². The number of benzene rings is 1. The molecule has 1 heterocycles. The van der Waals surface area contributed by atoms with E-state index in [0.717, 1.165) is 17.3 Å². The third-order valence-electron chi connectivity index (χ3n) is 2.28. The molecule has 0 atom stereocenters. The first-order chi connectivity index (χ1) is 6.22. The molecular weight excluding hydrogens is 184 g/mol. The Morgan fingerprint density at radius 2 is 2.23 bits per heavy atom. The molecule has 2 rings (SSSR count). The molecule has 2 nitrogen and oxygen atoms in total. The minimum atomic E-state index is 0.591. The number of aromatic nitrogens is 2. The van der Waals surface area contributed by atoms with E-state index < -0.39 is 0 Å². The Hall–Kier alpha value is -1.02. The van der Waals surface area contributed by atoms with Crippen LogP contribution in [0.1, 0.15) is 12.5 Å². The summed E-state index contributed by atoms with van der Waals surface area (Å²) in [5.41, 5.74) is 2.38. The zero-order chi connectivity index (χ0) is 9.42. The Morgan fingerprint density at radius 1 is 1.46 bits per heavy atom. The summed E-state index contributed by atoms with van der Waals surface area (Å²) >= 11 is 5.97. The second kappa shape index (κ2) is 3.04. The van der Waals surface area contributed by atoms with E-state index in [1.165, 1.54) is 5.56 Å². The predicted molar refractivity (Wildman–Crippen MR) is 55.1 cm³/mol. The summed E-state index contributed by atoms with van der Waals surface area (Å²) in [5, 5.41) is 5.78. The molecule has 13 heavy (non-hydrogen) atoms. The van der Waals surface area contributed by atoms with Crippen LogP contribution in [0.2, 0.25) is 5.15 Å². The molecule has 0 radical (unpaired) electrons. The van der Waals surface area contributed by atoms with E-state index >= 15 is 0 Å². The fraction of sp³-hybridized carbons (Fsp3) is 0.300. The minimum absolute atomic E-state index is 0.591. The fourth-order valence-electron chi connectivity index (χ4n) is 1.49. The summed E-state index contributed by atoms with van der Waals surface area (Å²) in [4.78, 5) is 0. The van der Waals surface area contributed by atoms with Gasteiger partial charge in [0.1, 0.15) is 0 Å². The van der Waals surface area contributed by atoms with Crippen molar-refractivity contribution < 1.29 is 0 Å². The van der Waals surface area contributed by atoms with E-state index in [9.17, 15) is 0 Å². The van der Waals surface area contributed by atoms with Gasteiger partial charge in [-0.15, -0.1) is 0 Å². The van der Waals surface area contributed by atoms with Gasteiger partial charge < -0.3 is 0 Å². The molecule has 3 heteroatoms. The highest BCUT2D eigenvalue weighted by atomic mass is 35.5. The van der Waals surface area contributed by atoms with Crippen molar-refractivity contribution in [1.29, 1.82) is 0 Å². The summed E-state index contributed by atoms with van der Waals surface area (Å²) in [5.74, 6) is 0. The molecule has 2 aromatic rings. The van der Waals surface area contributed by atoms with E-state index in [0.29, 0.717) is 5.15 Å². The molecule has 1 aromatic carbocycles. The summed E-state index contributed by atoms with van der Waals surface area (Å²) in [7, 11) is 1.90. The maximum Gasteiger partial charge on any atom is 0.158 e. The van der Waals surface area contributed by atoms with Gasteiger partial charge >= 0.3 is 0 Å². The van der Waals surface area contributed by atoms with Gasteiger partial charge in [0.15, 0.2) is 5.15 Å². The SMILES string of the molecule is CCc1ccc2c(c1)c(Cl)nn2C. The number of fused-ring (bicyclic) bond motifs is 1. The summed E-state index contributed by atoms with van der Waals surface area (Å²) in [6.07, 6.45) is 1.03. The molecule has 0 aliphatic heterocycles. The molecule has 0 spiro atoms. The molecule has 0 fully saturated rings. The largest absolute Gasteiger partial charge is 0.266 e. The van der Waals surface area contributed by atoms with Crippen LogP contribution >= 0.6 is 11.6 Å². The molecule has 0 bridgehead atoms. The molecule has 1 aromatic heterocycles. The van der Waals surface area contributed by atoms with Crippen molar-refractivity contribution in [2.45, 2.75) is 13.3 Å². The average molecular weight is 195 g/mol. The molecule has 68 valence electrons. The zero-order valence-electron chi connectivity index (χ0n) is 7.71. The Kier molecular flexibility index (Phi) is 2.00. The topological polar surface area (TPSA) is 17.8 Å². The summed E-state index contributed by atoms with van der Waals surface area (Å²) in [6.45, 7) is 2.13. The van der Waals surface area contributed by atoms with E-state index in [-0.39, 0.29) is 0 Å². The maximum atomic E-state index is 5.97. The number of halogens is 1. The highest BCUT2D eigenvalue weighted by Gasteiger charge is 2.05. The van der Waals surface area contributed by atoms with Crippen LogP contribution in [0.4, 0.5) is 0 Å². The van der Waals surface area contributed by atoms with Crippen LogP contribution in [0, 0.1) is 0 Å². The number of aryl methyl sites for hydroxylation is 2. The smallest absolute Gasteiger partial charge is 0.158 e. The molecule has 0 unspecified atom stereocenters. The zero-order valence-corrected chi connectivity index (χ0v) is 8.47. The first-order valence-corrected chi connectivity index (χ1v) is 4.71. The lowest BCUT2D eigenvalue weighted by Gasteiger charge is -1.97. The molecule has 0 saturated heterocycles. The van der Waals surface area contributed by atoms with Crippen molar-refractivity contribution >= 4 is 22.5 Å². The third kappa shape index (κ3) is 1.31. The Balaban J connectivity index is 2.76. The number of hydrogen-bond acceptors (Lipinski definition) is 1. The fourth-order valence-corrected chi connectivity index (χ4v) is 1.75. The molecule has 0 saturated carbocycles. The van der Waals surface area contributed by atoms with Crippen LogP contribution in [-0.2, 0) is 13.5 Å². The predicted octanol–water partition coefficient (Wildman–Crippen LogP) is 2.79. The van der Waals surface area contributed by atoms with Crippen LogP contribution in [0.15, 0.2) is 18.2 Å². The summed E-state index contributed by atoms with van der Waals surface area (Å²) < 4.78 is 1.80. The highest BCUT2D eigenvalue weighted by Crippen LogP contribution is 2.23. The summed E-state index contributed by atoms with van der Waals surface area (Å²) in [6, 6.07) is 6.28. The lowest BCUT2D eigenvalue weighted by atomic mass is 10.1. The van der Waals surface area contributed by atoms with Crippen molar-refractivity contribution in [1.82, 2.24) is 9.78 Å². The van der Waals surface area contributed by atoms with Gasteiger partial charge in [0, 0.05) is 12.4 Å². The van der Waals surface area contributed by atoms with Gasteiger partial charge in [-0.05, 0) is 24.1 Å². The second-order valence-electron chi connectivity index (χ2n) is 3.12. The highest BCUT2D eigenvalue weighted by molar-refractivity contribution is 6.34. The van der Waals surface area contributed by atoms with E-state index in [4.69, 9.17) is 11.6 Å². The monoisotopic (exact) mass is 194 g/mol. The standard InChI is InChI=1S/C10H11ClN2/c1-3-7-4-5-9-8(6-7)10(11)12-13(9)2/h4-6H,3H2,1-2H3. The quantitative estimate of drug-likeness (QED) is 0.683. The van der Waals surface area contributed by atoms with Crippen molar-refractivity contribution in [3.63, 3.8) is 0 Å². The van der Waals surface area contributed by atoms with Crippen LogP contribution in [0.25, 0.3) is 10.9 Å². The lowest BCUT2D eigenvalue weighted by Crippen LogP contribution is -1.88. The molecule has 0 aliphatic carbocycles. The van der Waals surface area contributed by atoms with E-state index in [1.807, 2.05) is 7.05 Å². The number of nitrogens with zero attached hydrogens (tertiary/aromatic N) is 2. The van der Waals surface area contributed by atoms with Gasteiger partial charge in [-0.25, -0.2) is 0 Å². The van der Waals surface area contributed by atoms with Gasteiger partial charge in [-0.3, -0.25) is 4.68 Å². The van der Waals surface area contributed by atoms with Crippen LogP contribution in [0.5, 0.6) is 0 Å². The van der Waals surface area contributed by atoms with Crippen LogP contribution in [0.3, 0.4) is 0 Å². The molecule has 0 amide bonds. The third-order valence-corrected chi connectivity index (χ3v) is 2.56. The van der Waals surface area contributed by atoms with Gasteiger partial charge in [-0.2, -0.15) is 5.10 Å². The van der Waals surface area contributed by atoms with E-state index in [1.54, 1.807) is 4.68 Å². The number of hydrogen-bond donors (Lipinski definition) is 0. The lowest BCUT2D eigenvalue weighted by molar-refractivity contribution is 0.797. The van der Waals surface area contributed by atoms with Gasteiger partial charge in [-0.1, -0.05) is 24.6 Å². The van der Waals surface area contributed by atoms with Crippen molar-refractivity contribution in [3.8, 4) is 0 Å². The second-order valence-corrected chi connectivity index (χ2v) is 3.48. The van der Waals surface area contributed by atoms with Crippen molar-refractivity contribution in [2.24, 2.45) is 7.05 Å². The first kappa shape index (κ1) is 8.57. The molecular formula is C10H11ClN2. The Morgan fingerprint density at radius 3 is 2.92 bits per heavy atom. The average Bonchev–Trinajstić information content (AvgIpc) is 2.42. The minimum Gasteiger partial charge on any atom is -0.266 e. The van der Waals surface area contributed by atoms with E-state index in [2.05, 4.69) is 30.2 Å². The van der Waals surface area contributed by atoms with Crippen molar-refractivity contribution in [3.05, 3.63) is 28.9 Å². The van der Waals surface area contributed by atoms with Crippen LogP contribution in [-0.4, -0.2) is 9.78 Å². The first-order valence-electron chi connectivity index (χ1n) is 4.33. The van der Waals surface area contributed by atoms with Gasteiger partial charge in [0.25, 0.3) is 0 Å². The maximum absolute atomic E-state index is 5.97. The number of rotatable bonds is 1. The normalized spacial score (nSPS) is 11.0. The molecule has 0 aliphatic rings. The Labute approximate surface area is 82.1 Å².